The Morgan fingerprint density at radius 1 is 1.04 bits per heavy atom. The van der Waals surface area contributed by atoms with Crippen LogP contribution in [0.25, 0.3) is 11.1 Å². The molecule has 13 nitrogen and oxygen atoms in total. The first kappa shape index (κ1) is 37.1. The molecule has 49 heavy (non-hydrogen) atoms. The van der Waals surface area contributed by atoms with Crippen molar-refractivity contribution in [2.45, 2.75) is 53.2 Å². The highest BCUT2D eigenvalue weighted by molar-refractivity contribution is 7.89. The average Bonchev–Trinajstić information content (AvgIpc) is 3.50. The molecular weight excluding hydrogens is 671 g/mol. The summed E-state index contributed by atoms with van der Waals surface area (Å²) >= 11 is 0. The zero-order chi connectivity index (χ0) is 35.1. The first-order chi connectivity index (χ1) is 23.4. The lowest BCUT2D eigenvalue weighted by atomic mass is 9.88. The highest BCUT2D eigenvalue weighted by atomic mass is 32.2. The van der Waals surface area contributed by atoms with Gasteiger partial charge in [-0.25, -0.2) is 26.5 Å². The van der Waals surface area contributed by atoms with Crippen LogP contribution in [0.1, 0.15) is 25.7 Å². The Hall–Kier alpha value is -3.15. The second kappa shape index (κ2) is 16.2. The summed E-state index contributed by atoms with van der Waals surface area (Å²) in [6.45, 7) is 2.75. The summed E-state index contributed by atoms with van der Waals surface area (Å²) in [4.78, 5) is 6.74. The van der Waals surface area contributed by atoms with E-state index in [1.54, 1.807) is 48.7 Å². The molecule has 15 heteroatoms. The number of aliphatic hydroxyl groups excluding tert-OH is 1. The topological polar surface area (TPSA) is 160 Å². The van der Waals surface area contributed by atoms with Crippen molar-refractivity contribution >= 4 is 20.0 Å². The summed E-state index contributed by atoms with van der Waals surface area (Å²) < 4.78 is 73.3. The largest absolute Gasteiger partial charge is 0.489 e. The van der Waals surface area contributed by atoms with Gasteiger partial charge in [0.15, 0.2) is 0 Å². The van der Waals surface area contributed by atoms with Crippen molar-refractivity contribution in [1.29, 1.82) is 0 Å². The normalized spacial score (nSPS) is 18.9. The number of para-hydroxylation sites is 1. The van der Waals surface area contributed by atoms with E-state index in [0.29, 0.717) is 51.4 Å². The van der Waals surface area contributed by atoms with Gasteiger partial charge in [0.2, 0.25) is 25.9 Å². The van der Waals surface area contributed by atoms with E-state index < -0.39 is 31.8 Å². The zero-order valence-corrected chi connectivity index (χ0v) is 29.9. The summed E-state index contributed by atoms with van der Waals surface area (Å²) in [6, 6.07) is 16.9. The molecule has 2 aromatic carbocycles. The number of nitrogens with zero attached hydrogens (tertiary/aromatic N) is 3. The molecule has 0 amide bonds. The van der Waals surface area contributed by atoms with Crippen LogP contribution in [0.2, 0.25) is 0 Å². The number of aromatic nitrogens is 1. The molecule has 3 aromatic rings. The number of pyridine rings is 1. The van der Waals surface area contributed by atoms with Gasteiger partial charge in [-0.2, -0.15) is 4.31 Å². The number of rotatable bonds is 16. The summed E-state index contributed by atoms with van der Waals surface area (Å²) in [5.74, 6) is 0.696. The smallest absolute Gasteiger partial charge is 0.243 e. The van der Waals surface area contributed by atoms with Crippen LogP contribution in [-0.4, -0.2) is 121 Å². The molecule has 0 bridgehead atoms. The van der Waals surface area contributed by atoms with E-state index in [1.807, 2.05) is 26.2 Å². The Kier molecular flexibility index (Phi) is 12.3. The number of hydrogen-bond donors (Lipinski definition) is 3. The second-order valence-corrected chi connectivity index (χ2v) is 16.5. The fraction of sp³-hybridized carbons (Fsp3) is 0.500. The van der Waals surface area contributed by atoms with Gasteiger partial charge in [-0.15, -0.1) is 0 Å². The number of piperidine rings is 1. The first-order valence-corrected chi connectivity index (χ1v) is 19.4. The molecule has 2 aliphatic rings. The zero-order valence-electron chi connectivity index (χ0n) is 28.2. The van der Waals surface area contributed by atoms with E-state index in [2.05, 4.69) is 19.9 Å². The van der Waals surface area contributed by atoms with Crippen LogP contribution < -0.4 is 19.5 Å². The number of aliphatic hydroxyl groups is 1. The third-order valence-corrected chi connectivity index (χ3v) is 12.2. The maximum absolute atomic E-state index is 13.7. The maximum atomic E-state index is 13.7. The molecule has 3 heterocycles. The molecule has 2 aliphatic heterocycles. The lowest BCUT2D eigenvalue weighted by Gasteiger charge is -2.38. The minimum Gasteiger partial charge on any atom is -0.489 e. The molecule has 3 N–H and O–H groups in total. The molecule has 0 radical (unpaired) electrons. The van der Waals surface area contributed by atoms with E-state index in [4.69, 9.17) is 14.2 Å². The molecule has 268 valence electrons. The van der Waals surface area contributed by atoms with Gasteiger partial charge in [-0.05, 0) is 82.7 Å². The Morgan fingerprint density at radius 2 is 1.82 bits per heavy atom. The third-order valence-electron chi connectivity index (χ3n) is 8.86. The Balaban J connectivity index is 1.09. The minimum absolute atomic E-state index is 0.00416. The van der Waals surface area contributed by atoms with E-state index in [-0.39, 0.29) is 34.7 Å². The predicted octanol–water partition coefficient (Wildman–Crippen LogP) is 2.33. The average molecular weight is 718 g/mol. The van der Waals surface area contributed by atoms with Crippen LogP contribution in [0.4, 0.5) is 0 Å². The highest BCUT2D eigenvalue weighted by Crippen LogP contribution is 2.38. The van der Waals surface area contributed by atoms with Crippen molar-refractivity contribution in [3.63, 3.8) is 0 Å². The Bertz CT molecular complexity index is 1750. The highest BCUT2D eigenvalue weighted by Gasteiger charge is 2.44. The standard InChI is InChI=1S/C34H47N5O8S2/c1-35-48(41,42)32-11-5-4-10-31(32)46-25-29(40)23-36-28-21-34(47-24-28)14-17-39(18-15-34)49(43,44)30-9-6-8-26(20-30)27-12-13-33(37-22-27)45-19-7-16-38(2)3/h4-6,8-13,20,22,28-29,35-36,40H,7,14-19,21,23-25H2,1-3H3/t28?,29-/m0/s1. The molecule has 0 saturated carbocycles. The number of ether oxygens (including phenoxy) is 3. The van der Waals surface area contributed by atoms with Gasteiger partial charge < -0.3 is 29.5 Å². The second-order valence-electron chi connectivity index (χ2n) is 12.7. The molecule has 1 spiro atoms. The SMILES string of the molecule is CNS(=O)(=O)c1ccccc1OC[C@@H](O)CNC1COC2(CCN(S(=O)(=O)c3cccc(-c4ccc(OCCCN(C)C)nc4)c3)CC2)C1. The maximum Gasteiger partial charge on any atom is 0.243 e. The third kappa shape index (κ3) is 9.55. The molecule has 2 saturated heterocycles. The fourth-order valence-corrected chi connectivity index (χ4v) is 8.44. The summed E-state index contributed by atoms with van der Waals surface area (Å²) in [6.07, 6.45) is 3.52. The van der Waals surface area contributed by atoms with Crippen molar-refractivity contribution in [2.75, 3.05) is 67.1 Å². The van der Waals surface area contributed by atoms with Crippen molar-refractivity contribution in [3.05, 3.63) is 66.9 Å². The van der Waals surface area contributed by atoms with Crippen molar-refractivity contribution in [1.82, 2.24) is 24.2 Å². The van der Waals surface area contributed by atoms with E-state index >= 15 is 0 Å². The number of hydrogen-bond acceptors (Lipinski definition) is 11. The quantitative estimate of drug-likeness (QED) is 0.187. The first-order valence-electron chi connectivity index (χ1n) is 16.5. The molecular formula is C34H47N5O8S2. The monoisotopic (exact) mass is 717 g/mol. The fourth-order valence-electron chi connectivity index (χ4n) is 6.09. The van der Waals surface area contributed by atoms with Gasteiger partial charge in [0, 0.05) is 50.0 Å². The number of sulfonamides is 2. The van der Waals surface area contributed by atoms with Crippen LogP contribution >= 0.6 is 0 Å². The molecule has 2 atom stereocenters. The predicted molar refractivity (Wildman–Crippen MR) is 186 cm³/mol. The summed E-state index contributed by atoms with van der Waals surface area (Å²) in [5.41, 5.74) is 1.13. The Morgan fingerprint density at radius 3 is 2.53 bits per heavy atom. The van der Waals surface area contributed by atoms with Gasteiger partial charge in [0.25, 0.3) is 0 Å². The molecule has 1 aromatic heterocycles. The molecule has 0 aliphatic carbocycles. The van der Waals surface area contributed by atoms with Gasteiger partial charge in [-0.1, -0.05) is 24.3 Å². The van der Waals surface area contributed by atoms with Gasteiger partial charge in [0.05, 0.1) is 23.7 Å². The number of benzene rings is 2. The minimum atomic E-state index is -3.72. The summed E-state index contributed by atoms with van der Waals surface area (Å²) in [7, 11) is -2.06. The lowest BCUT2D eigenvalue weighted by Crippen LogP contribution is -2.47. The van der Waals surface area contributed by atoms with Crippen LogP contribution in [-0.2, 0) is 24.8 Å². The Labute approximate surface area is 289 Å². The van der Waals surface area contributed by atoms with Crippen LogP contribution in [0.3, 0.4) is 0 Å². The molecule has 5 rings (SSSR count). The summed E-state index contributed by atoms with van der Waals surface area (Å²) in [5, 5.41) is 13.9. The lowest BCUT2D eigenvalue weighted by molar-refractivity contribution is -0.0312. The van der Waals surface area contributed by atoms with Gasteiger partial charge in [-0.3, -0.25) is 0 Å². The van der Waals surface area contributed by atoms with E-state index in [9.17, 15) is 21.9 Å². The van der Waals surface area contributed by atoms with Crippen molar-refractivity contribution < 1.29 is 36.2 Å². The molecule has 1 unspecified atom stereocenters. The number of nitrogens with one attached hydrogen (secondary N) is 2. The van der Waals surface area contributed by atoms with Crippen LogP contribution in [0.15, 0.2) is 76.7 Å². The van der Waals surface area contributed by atoms with Gasteiger partial charge >= 0.3 is 0 Å². The van der Waals surface area contributed by atoms with E-state index in [0.717, 1.165) is 24.1 Å². The van der Waals surface area contributed by atoms with Crippen molar-refractivity contribution in [3.8, 4) is 22.8 Å². The molecule has 2 fully saturated rings. The van der Waals surface area contributed by atoms with Crippen LogP contribution in [0, 0.1) is 0 Å². The van der Waals surface area contributed by atoms with Crippen LogP contribution in [0.5, 0.6) is 11.6 Å². The van der Waals surface area contributed by atoms with Gasteiger partial charge in [0.1, 0.15) is 23.4 Å². The van der Waals surface area contributed by atoms with E-state index in [1.165, 1.54) is 17.4 Å². The van der Waals surface area contributed by atoms with Crippen molar-refractivity contribution in [2.24, 2.45) is 0 Å².